The number of hydrogen-bond acceptors (Lipinski definition) is 3. The van der Waals surface area contributed by atoms with Crippen LogP contribution in [0.2, 0.25) is 0 Å². The number of fused-ring (bicyclic) bond motifs is 5. The number of ether oxygens (including phenoxy) is 1. The van der Waals surface area contributed by atoms with Crippen LogP contribution in [0.1, 0.15) is 79.1 Å². The van der Waals surface area contributed by atoms with Gasteiger partial charge in [-0.15, -0.1) is 0 Å². The molecule has 164 valence electrons. The number of nitrogens with one attached hydrogen (secondary N) is 2. The zero-order valence-electron chi connectivity index (χ0n) is 18.8. The maximum absolute atomic E-state index is 12.2. The van der Waals surface area contributed by atoms with E-state index in [4.69, 9.17) is 4.74 Å². The van der Waals surface area contributed by atoms with E-state index in [0.717, 1.165) is 25.2 Å². The van der Waals surface area contributed by atoms with E-state index in [1.165, 1.54) is 25.7 Å². The molecule has 5 heteroatoms. The van der Waals surface area contributed by atoms with Crippen molar-refractivity contribution in [3.63, 3.8) is 0 Å². The molecule has 0 aromatic rings. The minimum atomic E-state index is 0.0189. The van der Waals surface area contributed by atoms with Crippen molar-refractivity contribution < 1.29 is 14.3 Å². The third kappa shape index (κ3) is 3.73. The van der Waals surface area contributed by atoms with Crippen molar-refractivity contribution in [2.75, 3.05) is 13.2 Å². The lowest BCUT2D eigenvalue weighted by molar-refractivity contribution is -0.145. The summed E-state index contributed by atoms with van der Waals surface area (Å²) in [6.07, 6.45) is 9.02. The van der Waals surface area contributed by atoms with Crippen LogP contribution < -0.4 is 10.6 Å². The summed E-state index contributed by atoms with van der Waals surface area (Å²) in [5, 5.41) is 6.29. The topological polar surface area (TPSA) is 67.4 Å². The van der Waals surface area contributed by atoms with Crippen LogP contribution in [0.3, 0.4) is 0 Å². The quantitative estimate of drug-likeness (QED) is 0.735. The first-order valence-electron chi connectivity index (χ1n) is 11.9. The van der Waals surface area contributed by atoms with Crippen LogP contribution in [-0.4, -0.2) is 37.1 Å². The van der Waals surface area contributed by atoms with Gasteiger partial charge in [-0.1, -0.05) is 27.7 Å². The highest BCUT2D eigenvalue weighted by Crippen LogP contribution is 2.64. The van der Waals surface area contributed by atoms with Gasteiger partial charge in [0.15, 0.2) is 0 Å². The molecule has 0 spiro atoms. The summed E-state index contributed by atoms with van der Waals surface area (Å²) in [7, 11) is 0. The van der Waals surface area contributed by atoms with Crippen molar-refractivity contribution in [2.45, 2.75) is 91.2 Å². The van der Waals surface area contributed by atoms with Crippen LogP contribution in [0.25, 0.3) is 0 Å². The van der Waals surface area contributed by atoms with Gasteiger partial charge in [-0.25, -0.2) is 0 Å². The highest BCUT2D eigenvalue weighted by Gasteiger charge is 2.60. The van der Waals surface area contributed by atoms with Crippen LogP contribution in [-0.2, 0) is 14.3 Å². The highest BCUT2D eigenvalue weighted by molar-refractivity contribution is 5.77. The predicted molar refractivity (Wildman–Crippen MR) is 113 cm³/mol. The third-order valence-electron chi connectivity index (χ3n) is 9.13. The van der Waals surface area contributed by atoms with Gasteiger partial charge in [0.2, 0.25) is 11.8 Å². The summed E-state index contributed by atoms with van der Waals surface area (Å²) >= 11 is 0. The van der Waals surface area contributed by atoms with Crippen LogP contribution in [0.5, 0.6) is 0 Å². The Morgan fingerprint density at radius 1 is 1.10 bits per heavy atom. The van der Waals surface area contributed by atoms with E-state index in [0.29, 0.717) is 36.8 Å². The standard InChI is InChI=1S/C24H40N2O3/c1-15(2)13-25-22(28)14-29-20-8-6-17-16-5-7-19-23(3,12-10-21(27)26-19)18(16)9-11-24(17,20)4/h15-20H,5-14H2,1-4H3,(H,25,28)(H,26,27)/t16-,17-,18+,19?,20?,23+,24-/m0/s1. The summed E-state index contributed by atoms with van der Waals surface area (Å²) in [5.41, 5.74) is 0.453. The van der Waals surface area contributed by atoms with Crippen molar-refractivity contribution in [3.05, 3.63) is 0 Å². The first-order valence-corrected chi connectivity index (χ1v) is 11.9. The molecule has 4 fully saturated rings. The Kier molecular flexibility index (Phi) is 5.73. The molecule has 3 aliphatic carbocycles. The summed E-state index contributed by atoms with van der Waals surface area (Å²) in [5.74, 6) is 2.88. The van der Waals surface area contributed by atoms with Crippen molar-refractivity contribution >= 4 is 11.8 Å². The van der Waals surface area contributed by atoms with E-state index in [9.17, 15) is 9.59 Å². The predicted octanol–water partition coefficient (Wildman–Crippen LogP) is 3.67. The molecule has 2 amide bonds. The second kappa shape index (κ2) is 7.86. The van der Waals surface area contributed by atoms with E-state index in [2.05, 4.69) is 38.3 Å². The summed E-state index contributed by atoms with van der Waals surface area (Å²) in [6, 6.07) is 0.368. The zero-order chi connectivity index (χ0) is 20.8. The lowest BCUT2D eigenvalue weighted by atomic mass is 9.47. The molecule has 0 aromatic heterocycles. The van der Waals surface area contributed by atoms with Crippen molar-refractivity contribution in [3.8, 4) is 0 Å². The molecule has 2 unspecified atom stereocenters. The maximum Gasteiger partial charge on any atom is 0.246 e. The molecule has 1 aliphatic heterocycles. The van der Waals surface area contributed by atoms with E-state index < -0.39 is 0 Å². The Hall–Kier alpha value is -1.10. The van der Waals surface area contributed by atoms with E-state index in [1.807, 2.05) is 0 Å². The molecule has 0 bridgehead atoms. The fourth-order valence-electron chi connectivity index (χ4n) is 7.47. The molecule has 2 N–H and O–H groups in total. The van der Waals surface area contributed by atoms with Crippen LogP contribution in [0, 0.1) is 34.5 Å². The Morgan fingerprint density at radius 2 is 1.86 bits per heavy atom. The summed E-state index contributed by atoms with van der Waals surface area (Å²) in [6.45, 7) is 9.99. The smallest absolute Gasteiger partial charge is 0.246 e. The average Bonchev–Trinajstić information content (AvgIpc) is 3.01. The largest absolute Gasteiger partial charge is 0.368 e. The summed E-state index contributed by atoms with van der Waals surface area (Å²) < 4.78 is 6.23. The van der Waals surface area contributed by atoms with Crippen LogP contribution in [0.4, 0.5) is 0 Å². The van der Waals surface area contributed by atoms with Gasteiger partial charge in [-0.05, 0) is 79.4 Å². The van der Waals surface area contributed by atoms with E-state index in [-0.39, 0.29) is 35.4 Å². The average molecular weight is 405 g/mol. The zero-order valence-corrected chi connectivity index (χ0v) is 18.8. The molecule has 0 aromatic carbocycles. The Bertz CT molecular complexity index is 650. The van der Waals surface area contributed by atoms with E-state index >= 15 is 0 Å². The van der Waals surface area contributed by atoms with Gasteiger partial charge >= 0.3 is 0 Å². The lowest BCUT2D eigenvalue weighted by Crippen LogP contribution is -2.61. The lowest BCUT2D eigenvalue weighted by Gasteiger charge is -2.60. The first kappa shape index (κ1) is 21.1. The van der Waals surface area contributed by atoms with Crippen molar-refractivity contribution in [1.82, 2.24) is 10.6 Å². The fraction of sp³-hybridized carbons (Fsp3) is 0.917. The molecule has 0 radical (unpaired) electrons. The first-order chi connectivity index (χ1) is 13.7. The second-order valence-electron chi connectivity index (χ2n) is 11.2. The minimum absolute atomic E-state index is 0.0189. The number of rotatable bonds is 5. The molecule has 1 saturated heterocycles. The van der Waals surface area contributed by atoms with Crippen LogP contribution in [0.15, 0.2) is 0 Å². The van der Waals surface area contributed by atoms with Crippen LogP contribution >= 0.6 is 0 Å². The van der Waals surface area contributed by atoms with Gasteiger partial charge in [0.25, 0.3) is 0 Å². The van der Waals surface area contributed by atoms with Gasteiger partial charge in [-0.2, -0.15) is 0 Å². The number of piperidine rings is 1. The molecule has 3 saturated carbocycles. The second-order valence-corrected chi connectivity index (χ2v) is 11.2. The molecule has 4 aliphatic rings. The monoisotopic (exact) mass is 404 g/mol. The van der Waals surface area contributed by atoms with E-state index in [1.54, 1.807) is 0 Å². The Labute approximate surface area is 176 Å². The van der Waals surface area contributed by atoms with Gasteiger partial charge in [0.05, 0.1) is 6.10 Å². The molecular formula is C24H40N2O3. The summed E-state index contributed by atoms with van der Waals surface area (Å²) in [4.78, 5) is 24.1. The van der Waals surface area contributed by atoms with Gasteiger partial charge in [0.1, 0.15) is 6.61 Å². The number of carbonyl (C=O) groups excluding carboxylic acids is 2. The highest BCUT2D eigenvalue weighted by atomic mass is 16.5. The molecule has 4 rings (SSSR count). The fourth-order valence-corrected chi connectivity index (χ4v) is 7.47. The van der Waals surface area contributed by atoms with Crippen molar-refractivity contribution in [2.24, 2.45) is 34.5 Å². The Morgan fingerprint density at radius 3 is 2.62 bits per heavy atom. The van der Waals surface area contributed by atoms with Gasteiger partial charge in [0, 0.05) is 19.0 Å². The minimum Gasteiger partial charge on any atom is -0.368 e. The van der Waals surface area contributed by atoms with Crippen molar-refractivity contribution in [1.29, 1.82) is 0 Å². The molecule has 7 atom stereocenters. The number of amides is 2. The van der Waals surface area contributed by atoms with Gasteiger partial charge < -0.3 is 15.4 Å². The SMILES string of the molecule is CC(C)CNC(=O)COC1CC[C@H]2[C@@H]3CCC4NC(=O)CC[C@]4(C)[C@@H]3CC[C@]12C. The molecule has 1 heterocycles. The molecular weight excluding hydrogens is 364 g/mol. The molecule has 5 nitrogen and oxygen atoms in total. The Balaban J connectivity index is 1.41. The molecule has 29 heavy (non-hydrogen) atoms. The number of hydrogen-bond donors (Lipinski definition) is 2. The van der Waals surface area contributed by atoms with Gasteiger partial charge in [-0.3, -0.25) is 9.59 Å². The number of carbonyl (C=O) groups is 2. The third-order valence-corrected chi connectivity index (χ3v) is 9.13. The maximum atomic E-state index is 12.2. The normalized spacial score (nSPS) is 43.9.